The maximum Gasteiger partial charge on any atom is 0.288 e. The first-order valence-electron chi connectivity index (χ1n) is 12.5. The number of hydrogen-bond donors (Lipinski definition) is 3. The monoisotopic (exact) mass is 515 g/mol. The van der Waals surface area contributed by atoms with Crippen molar-refractivity contribution in [2.75, 3.05) is 38.7 Å². The summed E-state index contributed by atoms with van der Waals surface area (Å²) in [5, 5.41) is 22.4. The van der Waals surface area contributed by atoms with E-state index in [1.165, 1.54) is 0 Å². The van der Waals surface area contributed by atoms with Gasteiger partial charge in [-0.3, -0.25) is 5.10 Å². The zero-order chi connectivity index (χ0) is 26.1. The molecular formula is C27H32F3N5O2. The van der Waals surface area contributed by atoms with E-state index in [1.54, 1.807) is 31.4 Å². The molecule has 0 saturated carbocycles. The van der Waals surface area contributed by atoms with Crippen molar-refractivity contribution >= 4 is 27.5 Å². The number of likely N-dealkylation sites (tertiary alicyclic amines) is 1. The molecule has 2 atom stereocenters. The largest absolute Gasteiger partial charge is 0.389 e. The second-order valence-electron chi connectivity index (χ2n) is 9.75. The average molecular weight is 516 g/mol. The van der Waals surface area contributed by atoms with Gasteiger partial charge in [0, 0.05) is 60.5 Å². The zero-order valence-electron chi connectivity index (χ0n) is 20.9. The van der Waals surface area contributed by atoms with E-state index >= 15 is 4.39 Å². The summed E-state index contributed by atoms with van der Waals surface area (Å²) in [7, 11) is 1.57. The van der Waals surface area contributed by atoms with Gasteiger partial charge in [0.1, 0.15) is 0 Å². The Kier molecular flexibility index (Phi) is 7.41. The predicted octanol–water partition coefficient (Wildman–Crippen LogP) is 5.11. The molecule has 0 bridgehead atoms. The molecule has 7 nitrogen and oxygen atoms in total. The Morgan fingerprint density at radius 3 is 2.65 bits per heavy atom. The molecule has 0 radical (unpaired) electrons. The van der Waals surface area contributed by atoms with Crippen LogP contribution in [0.15, 0.2) is 42.5 Å². The molecule has 4 aromatic rings. The number of H-pyrrole nitrogens is 1. The van der Waals surface area contributed by atoms with Gasteiger partial charge in [-0.25, -0.2) is 13.2 Å². The van der Waals surface area contributed by atoms with Crippen molar-refractivity contribution in [3.05, 3.63) is 48.2 Å². The van der Waals surface area contributed by atoms with Crippen LogP contribution < -0.4 is 5.32 Å². The summed E-state index contributed by atoms with van der Waals surface area (Å²) in [6, 6.07) is 12.8. The fraction of sp³-hybridized carbons (Fsp3) is 0.444. The van der Waals surface area contributed by atoms with Gasteiger partial charge in [-0.1, -0.05) is 18.2 Å². The fourth-order valence-electron chi connectivity index (χ4n) is 5.31. The smallest absolute Gasteiger partial charge is 0.288 e. The van der Waals surface area contributed by atoms with Crippen molar-refractivity contribution in [1.82, 2.24) is 19.7 Å². The van der Waals surface area contributed by atoms with Gasteiger partial charge in [-0.2, -0.15) is 5.10 Å². The van der Waals surface area contributed by atoms with Crippen molar-refractivity contribution in [3.8, 4) is 11.3 Å². The first kappa shape index (κ1) is 25.6. The third-order valence-corrected chi connectivity index (χ3v) is 7.15. The van der Waals surface area contributed by atoms with E-state index in [0.717, 1.165) is 47.3 Å². The molecule has 10 heteroatoms. The minimum absolute atomic E-state index is 0.174. The number of rotatable bonds is 9. The van der Waals surface area contributed by atoms with Crippen LogP contribution in [0.2, 0.25) is 0 Å². The molecule has 0 amide bonds. The van der Waals surface area contributed by atoms with Crippen LogP contribution in [0.4, 0.5) is 18.9 Å². The van der Waals surface area contributed by atoms with Gasteiger partial charge in [0.05, 0.1) is 29.4 Å². The Hall–Kier alpha value is -3.08. The van der Waals surface area contributed by atoms with E-state index in [9.17, 15) is 13.9 Å². The lowest BCUT2D eigenvalue weighted by molar-refractivity contribution is 0.0115. The third-order valence-electron chi connectivity index (χ3n) is 7.15. The van der Waals surface area contributed by atoms with Gasteiger partial charge in [0.25, 0.3) is 6.43 Å². The zero-order valence-corrected chi connectivity index (χ0v) is 20.9. The molecule has 0 aliphatic carbocycles. The number of alkyl halides is 3. The summed E-state index contributed by atoms with van der Waals surface area (Å²) in [5.74, 6) is 0. The molecular weight excluding hydrogens is 483 g/mol. The molecule has 2 unspecified atom stereocenters. The molecule has 198 valence electrons. The Morgan fingerprint density at radius 1 is 1.14 bits per heavy atom. The van der Waals surface area contributed by atoms with Crippen LogP contribution in [0.25, 0.3) is 33.1 Å². The number of aromatic amines is 1. The van der Waals surface area contributed by atoms with Crippen molar-refractivity contribution < 1.29 is 23.0 Å². The number of piperidine rings is 1. The predicted molar refractivity (Wildman–Crippen MR) is 139 cm³/mol. The van der Waals surface area contributed by atoms with Crippen molar-refractivity contribution in [2.24, 2.45) is 0 Å². The number of aliphatic hydroxyl groups is 1. The third kappa shape index (κ3) is 5.18. The number of β-amino-alcohol motifs (C(OH)–C–C–N with tert-alkyl or cyclic N) is 1. The average Bonchev–Trinajstić information content (AvgIpc) is 3.46. The standard InChI is InChI=1S/C27H32F3N5O2/c1-16-20-7-6-17(12-23(20)33-32-16)25-13-21-22(4-3-5-24(21)35(25)27(30)26(28)29)31-18-8-10-34(11-9-18)14-19(36)15-37-2/h3-7,12-13,18-19,26-27,31,36H,8-11,14-15H2,1-2H3,(H,32,33). The van der Waals surface area contributed by atoms with Gasteiger partial charge in [-0.05, 0) is 44.0 Å². The van der Waals surface area contributed by atoms with Crippen molar-refractivity contribution in [3.63, 3.8) is 0 Å². The highest BCUT2D eigenvalue weighted by Crippen LogP contribution is 2.38. The number of nitrogens with zero attached hydrogens (tertiary/aromatic N) is 3. The number of nitrogens with one attached hydrogen (secondary N) is 2. The van der Waals surface area contributed by atoms with E-state index in [0.29, 0.717) is 40.8 Å². The van der Waals surface area contributed by atoms with Crippen LogP contribution in [-0.4, -0.2) is 76.7 Å². The lowest BCUT2D eigenvalue weighted by atomic mass is 10.0. The summed E-state index contributed by atoms with van der Waals surface area (Å²) in [5.41, 5.74) is 3.79. The molecule has 3 N–H and O–H groups in total. The van der Waals surface area contributed by atoms with Crippen LogP contribution in [0, 0.1) is 6.92 Å². The summed E-state index contributed by atoms with van der Waals surface area (Å²) in [6.07, 6.45) is -4.45. The molecule has 0 spiro atoms. The molecule has 2 aromatic carbocycles. The van der Waals surface area contributed by atoms with Crippen LogP contribution in [0.3, 0.4) is 0 Å². The normalized spacial score (nSPS) is 17.2. The van der Waals surface area contributed by atoms with Gasteiger partial charge < -0.3 is 24.6 Å². The number of aromatic nitrogens is 3. The molecule has 1 saturated heterocycles. The van der Waals surface area contributed by atoms with Gasteiger partial charge >= 0.3 is 0 Å². The van der Waals surface area contributed by atoms with Gasteiger partial charge in [0.15, 0.2) is 0 Å². The highest BCUT2D eigenvalue weighted by atomic mass is 19.3. The Labute approximate surface area is 213 Å². The highest BCUT2D eigenvalue weighted by Gasteiger charge is 2.28. The molecule has 1 aliphatic rings. The first-order valence-corrected chi connectivity index (χ1v) is 12.5. The number of anilines is 1. The van der Waals surface area contributed by atoms with E-state index in [1.807, 2.05) is 25.1 Å². The van der Waals surface area contributed by atoms with E-state index in [2.05, 4.69) is 20.4 Å². The first-order chi connectivity index (χ1) is 17.9. The second kappa shape index (κ2) is 10.7. The van der Waals surface area contributed by atoms with Crippen LogP contribution in [0.1, 0.15) is 24.8 Å². The Balaban J connectivity index is 1.44. The number of aryl methyl sites for hydroxylation is 1. The number of ether oxygens (including phenoxy) is 1. The quantitative estimate of drug-likeness (QED) is 0.289. The molecule has 5 rings (SSSR count). The van der Waals surface area contributed by atoms with E-state index in [-0.39, 0.29) is 6.04 Å². The Bertz CT molecular complexity index is 1360. The number of benzene rings is 2. The molecule has 37 heavy (non-hydrogen) atoms. The summed E-state index contributed by atoms with van der Waals surface area (Å²) < 4.78 is 48.4. The molecule has 3 heterocycles. The summed E-state index contributed by atoms with van der Waals surface area (Å²) in [6.45, 7) is 4.42. The number of hydrogen-bond acceptors (Lipinski definition) is 5. The molecule has 1 fully saturated rings. The lowest BCUT2D eigenvalue weighted by Crippen LogP contribution is -2.43. The summed E-state index contributed by atoms with van der Waals surface area (Å²) in [4.78, 5) is 2.21. The summed E-state index contributed by atoms with van der Waals surface area (Å²) >= 11 is 0. The van der Waals surface area contributed by atoms with Crippen LogP contribution in [-0.2, 0) is 4.74 Å². The van der Waals surface area contributed by atoms with Gasteiger partial charge in [0.2, 0.25) is 6.30 Å². The highest BCUT2D eigenvalue weighted by molar-refractivity contribution is 5.97. The minimum atomic E-state index is -3.17. The minimum Gasteiger partial charge on any atom is -0.389 e. The number of fused-ring (bicyclic) bond motifs is 2. The number of halogens is 3. The lowest BCUT2D eigenvalue weighted by Gasteiger charge is -2.34. The maximum absolute atomic E-state index is 15.0. The fourth-order valence-corrected chi connectivity index (χ4v) is 5.31. The maximum atomic E-state index is 15.0. The topological polar surface area (TPSA) is 78.3 Å². The second-order valence-corrected chi connectivity index (χ2v) is 9.75. The SMILES string of the molecule is COCC(O)CN1CCC(Nc2cccc3c2cc(-c2ccc4c(C)[nH]nc4c2)n3C(F)C(F)F)CC1. The Morgan fingerprint density at radius 2 is 1.92 bits per heavy atom. The number of aliphatic hydroxyl groups excluding tert-OH is 1. The van der Waals surface area contributed by atoms with Crippen molar-refractivity contribution in [1.29, 1.82) is 0 Å². The number of methoxy groups -OCH3 is 1. The van der Waals surface area contributed by atoms with Crippen LogP contribution in [0.5, 0.6) is 0 Å². The molecule has 1 aliphatic heterocycles. The van der Waals surface area contributed by atoms with Crippen LogP contribution >= 0.6 is 0 Å². The van der Waals surface area contributed by atoms with E-state index < -0.39 is 18.8 Å². The van der Waals surface area contributed by atoms with E-state index in [4.69, 9.17) is 4.74 Å². The van der Waals surface area contributed by atoms with Gasteiger partial charge in [-0.15, -0.1) is 0 Å². The van der Waals surface area contributed by atoms with Crippen molar-refractivity contribution in [2.45, 2.75) is 44.6 Å². The molecule has 2 aromatic heterocycles.